The van der Waals surface area contributed by atoms with Crippen molar-refractivity contribution in [3.63, 3.8) is 0 Å². The number of H-pyrrole nitrogens is 1. The van der Waals surface area contributed by atoms with E-state index in [4.69, 9.17) is 0 Å². The molecular formula is C14H19N3. The fourth-order valence-corrected chi connectivity index (χ4v) is 1.92. The molecule has 2 rings (SSSR count). The Kier molecular flexibility index (Phi) is 3.59. The van der Waals surface area contributed by atoms with Crippen molar-refractivity contribution in [1.82, 2.24) is 15.5 Å². The van der Waals surface area contributed by atoms with Crippen LogP contribution in [0.4, 0.5) is 0 Å². The van der Waals surface area contributed by atoms with Gasteiger partial charge in [-0.2, -0.15) is 5.10 Å². The van der Waals surface area contributed by atoms with E-state index in [-0.39, 0.29) is 0 Å². The lowest BCUT2D eigenvalue weighted by Gasteiger charge is -2.13. The van der Waals surface area contributed by atoms with Crippen molar-refractivity contribution in [3.05, 3.63) is 52.8 Å². The standard InChI is InChI=1S/C14H19N3/c1-10-4-5-13(11(2)6-10)7-15-12(3)14-8-16-17-9-14/h4-6,8-9,12,15H,7H2,1-3H3,(H,16,17). The Bertz CT molecular complexity index is 474. The van der Waals surface area contributed by atoms with Crippen LogP contribution in [0.3, 0.4) is 0 Å². The highest BCUT2D eigenvalue weighted by Gasteiger charge is 2.06. The molecule has 90 valence electrons. The zero-order valence-electron chi connectivity index (χ0n) is 10.6. The van der Waals surface area contributed by atoms with E-state index >= 15 is 0 Å². The molecule has 1 aromatic heterocycles. The van der Waals surface area contributed by atoms with Crippen molar-refractivity contribution in [2.24, 2.45) is 0 Å². The molecule has 3 heteroatoms. The molecule has 1 heterocycles. The Labute approximate surface area is 102 Å². The topological polar surface area (TPSA) is 40.7 Å². The first kappa shape index (κ1) is 11.9. The summed E-state index contributed by atoms with van der Waals surface area (Å²) in [5.41, 5.74) is 5.20. The van der Waals surface area contributed by atoms with Gasteiger partial charge in [-0.15, -0.1) is 0 Å². The van der Waals surface area contributed by atoms with Crippen molar-refractivity contribution in [2.75, 3.05) is 0 Å². The lowest BCUT2D eigenvalue weighted by atomic mass is 10.1. The van der Waals surface area contributed by atoms with Gasteiger partial charge in [0.05, 0.1) is 6.20 Å². The van der Waals surface area contributed by atoms with Gasteiger partial charge in [0.1, 0.15) is 0 Å². The molecule has 17 heavy (non-hydrogen) atoms. The maximum Gasteiger partial charge on any atom is 0.0534 e. The molecule has 2 N–H and O–H groups in total. The van der Waals surface area contributed by atoms with Crippen molar-refractivity contribution < 1.29 is 0 Å². The van der Waals surface area contributed by atoms with Crippen LogP contribution in [0.5, 0.6) is 0 Å². The first-order valence-electron chi connectivity index (χ1n) is 5.95. The Morgan fingerprint density at radius 2 is 2.18 bits per heavy atom. The van der Waals surface area contributed by atoms with Gasteiger partial charge in [0, 0.05) is 24.3 Å². The highest BCUT2D eigenvalue weighted by Crippen LogP contribution is 2.13. The van der Waals surface area contributed by atoms with Crippen LogP contribution in [-0.2, 0) is 6.54 Å². The van der Waals surface area contributed by atoms with Gasteiger partial charge in [0.25, 0.3) is 0 Å². The van der Waals surface area contributed by atoms with Gasteiger partial charge in [-0.3, -0.25) is 5.10 Å². The summed E-state index contributed by atoms with van der Waals surface area (Å²) in [6.45, 7) is 7.32. The molecule has 0 aliphatic heterocycles. The third kappa shape index (κ3) is 2.94. The lowest BCUT2D eigenvalue weighted by molar-refractivity contribution is 0.573. The molecule has 2 aromatic rings. The third-order valence-corrected chi connectivity index (χ3v) is 3.12. The Balaban J connectivity index is 1.98. The Morgan fingerprint density at radius 1 is 1.35 bits per heavy atom. The summed E-state index contributed by atoms with van der Waals surface area (Å²) in [6.07, 6.45) is 3.79. The monoisotopic (exact) mass is 229 g/mol. The number of rotatable bonds is 4. The average molecular weight is 229 g/mol. The van der Waals surface area contributed by atoms with Gasteiger partial charge in [-0.25, -0.2) is 0 Å². The van der Waals surface area contributed by atoms with Gasteiger partial charge in [0.2, 0.25) is 0 Å². The minimum Gasteiger partial charge on any atom is -0.306 e. The van der Waals surface area contributed by atoms with Gasteiger partial charge in [0.15, 0.2) is 0 Å². The highest BCUT2D eigenvalue weighted by molar-refractivity contribution is 5.30. The number of benzene rings is 1. The number of aromatic nitrogens is 2. The van der Waals surface area contributed by atoms with Crippen LogP contribution < -0.4 is 5.32 Å². The second kappa shape index (κ2) is 5.15. The smallest absolute Gasteiger partial charge is 0.0534 e. The van der Waals surface area contributed by atoms with Crippen molar-refractivity contribution in [2.45, 2.75) is 33.4 Å². The fourth-order valence-electron chi connectivity index (χ4n) is 1.92. The molecule has 0 aliphatic rings. The summed E-state index contributed by atoms with van der Waals surface area (Å²) in [5, 5.41) is 10.3. The average Bonchev–Trinajstić information content (AvgIpc) is 2.81. The van der Waals surface area contributed by atoms with Gasteiger partial charge < -0.3 is 5.32 Å². The Morgan fingerprint density at radius 3 is 2.82 bits per heavy atom. The quantitative estimate of drug-likeness (QED) is 0.846. The van der Waals surface area contributed by atoms with Crippen LogP contribution in [0, 0.1) is 13.8 Å². The molecular weight excluding hydrogens is 210 g/mol. The van der Waals surface area contributed by atoms with E-state index in [1.54, 1.807) is 0 Å². The predicted molar refractivity (Wildman–Crippen MR) is 69.8 cm³/mol. The molecule has 0 saturated carbocycles. The lowest BCUT2D eigenvalue weighted by Crippen LogP contribution is -2.18. The van der Waals surface area contributed by atoms with Gasteiger partial charge >= 0.3 is 0 Å². The van der Waals surface area contributed by atoms with E-state index in [0.717, 1.165) is 6.54 Å². The number of aromatic amines is 1. The number of hydrogen-bond donors (Lipinski definition) is 2. The molecule has 0 spiro atoms. The summed E-state index contributed by atoms with van der Waals surface area (Å²) >= 11 is 0. The van der Waals surface area contributed by atoms with Crippen LogP contribution in [0.25, 0.3) is 0 Å². The van der Waals surface area contributed by atoms with E-state index in [1.807, 2.05) is 12.4 Å². The summed E-state index contributed by atoms with van der Waals surface area (Å²) in [5.74, 6) is 0. The maximum atomic E-state index is 3.96. The van der Waals surface area contributed by atoms with Gasteiger partial charge in [-0.05, 0) is 31.9 Å². The second-order valence-electron chi connectivity index (χ2n) is 4.56. The fraction of sp³-hybridized carbons (Fsp3) is 0.357. The van der Waals surface area contributed by atoms with Crippen molar-refractivity contribution in [1.29, 1.82) is 0 Å². The van der Waals surface area contributed by atoms with Crippen LogP contribution in [0.1, 0.15) is 35.2 Å². The molecule has 3 nitrogen and oxygen atoms in total. The molecule has 0 fully saturated rings. The van der Waals surface area contributed by atoms with Crippen LogP contribution >= 0.6 is 0 Å². The molecule has 1 unspecified atom stereocenters. The van der Waals surface area contributed by atoms with E-state index in [0.29, 0.717) is 6.04 Å². The number of hydrogen-bond acceptors (Lipinski definition) is 2. The SMILES string of the molecule is Cc1ccc(CNC(C)c2cn[nH]c2)c(C)c1. The molecule has 0 radical (unpaired) electrons. The summed E-state index contributed by atoms with van der Waals surface area (Å²) < 4.78 is 0. The number of nitrogens with one attached hydrogen (secondary N) is 2. The predicted octanol–water partition coefficient (Wildman–Crippen LogP) is 2.88. The minimum absolute atomic E-state index is 0.314. The number of aryl methyl sites for hydroxylation is 2. The van der Waals surface area contributed by atoms with Crippen LogP contribution in [0.15, 0.2) is 30.6 Å². The van der Waals surface area contributed by atoms with E-state index in [9.17, 15) is 0 Å². The zero-order chi connectivity index (χ0) is 12.3. The normalized spacial score (nSPS) is 12.6. The van der Waals surface area contributed by atoms with Gasteiger partial charge in [-0.1, -0.05) is 23.8 Å². The van der Waals surface area contributed by atoms with E-state index < -0.39 is 0 Å². The zero-order valence-corrected chi connectivity index (χ0v) is 10.6. The molecule has 1 aromatic carbocycles. The maximum absolute atomic E-state index is 3.96. The third-order valence-electron chi connectivity index (χ3n) is 3.12. The molecule has 1 atom stereocenters. The Hall–Kier alpha value is -1.61. The molecule has 0 amide bonds. The highest BCUT2D eigenvalue weighted by atomic mass is 15.1. The van der Waals surface area contributed by atoms with Crippen LogP contribution in [-0.4, -0.2) is 10.2 Å². The van der Waals surface area contributed by atoms with Crippen molar-refractivity contribution >= 4 is 0 Å². The molecule has 0 saturated heterocycles. The largest absolute Gasteiger partial charge is 0.306 e. The molecule has 0 bridgehead atoms. The summed E-state index contributed by atoms with van der Waals surface area (Å²) in [7, 11) is 0. The second-order valence-corrected chi connectivity index (χ2v) is 4.56. The summed E-state index contributed by atoms with van der Waals surface area (Å²) in [4.78, 5) is 0. The first-order valence-corrected chi connectivity index (χ1v) is 5.95. The van der Waals surface area contributed by atoms with Crippen molar-refractivity contribution in [3.8, 4) is 0 Å². The van der Waals surface area contributed by atoms with Crippen LogP contribution in [0.2, 0.25) is 0 Å². The van der Waals surface area contributed by atoms with E-state index in [2.05, 4.69) is 54.5 Å². The van der Waals surface area contributed by atoms with E-state index in [1.165, 1.54) is 22.3 Å². The summed E-state index contributed by atoms with van der Waals surface area (Å²) in [6, 6.07) is 6.89. The first-order chi connectivity index (χ1) is 8.16. The number of nitrogens with zero attached hydrogens (tertiary/aromatic N) is 1. The molecule has 0 aliphatic carbocycles. The minimum atomic E-state index is 0.314.